The number of nitrogens with two attached hydrogens (primary N) is 1. The number of nitrogens with zero attached hydrogens (tertiary/aromatic N) is 1. The van der Waals surface area contributed by atoms with E-state index in [0.29, 0.717) is 29.9 Å². The van der Waals surface area contributed by atoms with Gasteiger partial charge in [0.2, 0.25) is 0 Å². The number of hydrogen-bond acceptors (Lipinski definition) is 1. The Morgan fingerprint density at radius 1 is 1.20 bits per heavy atom. The zero-order valence-electron chi connectivity index (χ0n) is 11.6. The van der Waals surface area contributed by atoms with Crippen molar-refractivity contribution in [2.75, 3.05) is 0 Å². The van der Waals surface area contributed by atoms with Crippen molar-refractivity contribution in [2.45, 2.75) is 50.1 Å². The number of aliphatic imine (C=N–C) groups is 1. The van der Waals surface area contributed by atoms with Crippen molar-refractivity contribution in [3.05, 3.63) is 35.4 Å². The van der Waals surface area contributed by atoms with Gasteiger partial charge in [0, 0.05) is 12.0 Å². The Bertz CT molecular complexity index is 522. The van der Waals surface area contributed by atoms with Crippen molar-refractivity contribution in [2.24, 2.45) is 16.6 Å². The summed E-state index contributed by atoms with van der Waals surface area (Å²) in [7, 11) is 0. The zero-order chi connectivity index (χ0) is 12.8. The fraction of sp³-hybridized carbons (Fsp3) is 0.562. The summed E-state index contributed by atoms with van der Waals surface area (Å²) in [5.74, 6) is 2.02. The van der Waals surface area contributed by atoms with E-state index in [1.54, 1.807) is 0 Å². The van der Waals surface area contributed by atoms with Crippen molar-refractivity contribution in [1.29, 1.82) is 0 Å². The number of halogens is 1. The third kappa shape index (κ3) is 2.43. The summed E-state index contributed by atoms with van der Waals surface area (Å²) in [5.41, 5.74) is 9.09. The molecular formula is C16H22IN3. The number of hydrogen-bond donors (Lipinski definition) is 2. The van der Waals surface area contributed by atoms with E-state index in [1.165, 1.54) is 43.2 Å². The molecule has 3 aliphatic rings. The molecule has 0 heterocycles. The molecule has 0 amide bonds. The van der Waals surface area contributed by atoms with Gasteiger partial charge < -0.3 is 11.1 Å². The lowest BCUT2D eigenvalue weighted by Crippen LogP contribution is -2.38. The van der Waals surface area contributed by atoms with Crippen LogP contribution in [0.15, 0.2) is 29.3 Å². The van der Waals surface area contributed by atoms with E-state index in [2.05, 4.69) is 29.6 Å². The number of guanidine groups is 1. The van der Waals surface area contributed by atoms with Crippen molar-refractivity contribution in [1.82, 2.24) is 5.32 Å². The van der Waals surface area contributed by atoms with Crippen LogP contribution in [-0.2, 0) is 6.42 Å². The van der Waals surface area contributed by atoms with Crippen LogP contribution in [0, 0.1) is 5.92 Å². The number of rotatable bonds is 2. The number of nitrogens with one attached hydrogen (secondary N) is 1. The molecule has 2 fully saturated rings. The fourth-order valence-electron chi connectivity index (χ4n) is 3.97. The SMILES string of the molecule is I.NC(=NC1C2Cc3ccccc3C21)NC1CCCC1. The minimum absolute atomic E-state index is 0. The lowest BCUT2D eigenvalue weighted by molar-refractivity contribution is 0.623. The first-order valence-corrected chi connectivity index (χ1v) is 7.50. The Morgan fingerprint density at radius 3 is 2.75 bits per heavy atom. The van der Waals surface area contributed by atoms with Gasteiger partial charge in [-0.1, -0.05) is 37.1 Å². The van der Waals surface area contributed by atoms with E-state index in [1.807, 2.05) is 0 Å². The molecule has 108 valence electrons. The standard InChI is InChI=1S/C16H21N3.HI/c17-16(18-11-6-2-3-7-11)19-15-13-9-10-5-1-4-8-12(10)14(13)15;/h1,4-5,8,11,13-15H,2-3,6-7,9H2,(H3,17,18,19);1H. The van der Waals surface area contributed by atoms with Gasteiger partial charge in [-0.15, -0.1) is 24.0 Å². The normalized spacial score (nSPS) is 31.4. The smallest absolute Gasteiger partial charge is 0.189 e. The van der Waals surface area contributed by atoms with Gasteiger partial charge in [0.25, 0.3) is 0 Å². The molecule has 1 aromatic rings. The second-order valence-electron chi connectivity index (χ2n) is 6.22. The molecule has 3 atom stereocenters. The predicted octanol–water partition coefficient (Wildman–Crippen LogP) is 2.79. The molecular weight excluding hydrogens is 361 g/mol. The summed E-state index contributed by atoms with van der Waals surface area (Å²) >= 11 is 0. The third-order valence-corrected chi connectivity index (χ3v) is 4.99. The number of benzene rings is 1. The monoisotopic (exact) mass is 383 g/mol. The first kappa shape index (κ1) is 14.2. The van der Waals surface area contributed by atoms with E-state index in [-0.39, 0.29) is 24.0 Å². The molecule has 0 aliphatic heterocycles. The summed E-state index contributed by atoms with van der Waals surface area (Å²) in [6.45, 7) is 0. The van der Waals surface area contributed by atoms with Crippen LogP contribution in [0.5, 0.6) is 0 Å². The molecule has 3 N–H and O–H groups in total. The highest BCUT2D eigenvalue weighted by Crippen LogP contribution is 2.58. The van der Waals surface area contributed by atoms with Gasteiger partial charge in [-0.05, 0) is 36.3 Å². The number of fused-ring (bicyclic) bond motifs is 3. The topological polar surface area (TPSA) is 50.4 Å². The van der Waals surface area contributed by atoms with Crippen LogP contribution in [0.25, 0.3) is 0 Å². The molecule has 2 saturated carbocycles. The molecule has 0 spiro atoms. The quantitative estimate of drug-likeness (QED) is 0.469. The van der Waals surface area contributed by atoms with Gasteiger partial charge in [-0.25, -0.2) is 4.99 Å². The first-order chi connectivity index (χ1) is 9.33. The van der Waals surface area contributed by atoms with Crippen LogP contribution in [0.1, 0.15) is 42.7 Å². The van der Waals surface area contributed by atoms with E-state index in [4.69, 9.17) is 10.7 Å². The zero-order valence-corrected chi connectivity index (χ0v) is 13.9. The average molecular weight is 383 g/mol. The first-order valence-electron chi connectivity index (χ1n) is 7.50. The maximum absolute atomic E-state index is 6.06. The molecule has 4 rings (SSSR count). The Hall–Kier alpha value is -0.780. The van der Waals surface area contributed by atoms with Crippen molar-refractivity contribution >= 4 is 29.9 Å². The van der Waals surface area contributed by atoms with Crippen LogP contribution < -0.4 is 11.1 Å². The molecule has 3 unspecified atom stereocenters. The minimum atomic E-state index is 0. The lowest BCUT2D eigenvalue weighted by atomic mass is 10.1. The summed E-state index contributed by atoms with van der Waals surface area (Å²) in [5, 5.41) is 3.39. The Morgan fingerprint density at radius 2 is 1.95 bits per heavy atom. The molecule has 1 aromatic carbocycles. The molecule has 4 heteroatoms. The van der Waals surface area contributed by atoms with Crippen LogP contribution >= 0.6 is 24.0 Å². The fourth-order valence-corrected chi connectivity index (χ4v) is 3.97. The molecule has 0 radical (unpaired) electrons. The van der Waals surface area contributed by atoms with Crippen LogP contribution in [-0.4, -0.2) is 18.0 Å². The van der Waals surface area contributed by atoms with E-state index >= 15 is 0 Å². The molecule has 0 bridgehead atoms. The summed E-state index contributed by atoms with van der Waals surface area (Å²) < 4.78 is 0. The summed E-state index contributed by atoms with van der Waals surface area (Å²) in [4.78, 5) is 4.72. The molecule has 20 heavy (non-hydrogen) atoms. The Labute approximate surface area is 137 Å². The Balaban J connectivity index is 0.00000121. The molecule has 0 aromatic heterocycles. The predicted molar refractivity (Wildman–Crippen MR) is 92.6 cm³/mol. The van der Waals surface area contributed by atoms with Crippen LogP contribution in [0.4, 0.5) is 0 Å². The second-order valence-corrected chi connectivity index (χ2v) is 6.22. The van der Waals surface area contributed by atoms with Crippen LogP contribution in [0.2, 0.25) is 0 Å². The van der Waals surface area contributed by atoms with Crippen molar-refractivity contribution < 1.29 is 0 Å². The van der Waals surface area contributed by atoms with Gasteiger partial charge in [0.15, 0.2) is 5.96 Å². The van der Waals surface area contributed by atoms with Gasteiger partial charge in [-0.3, -0.25) is 0 Å². The highest BCUT2D eigenvalue weighted by Gasteiger charge is 2.55. The largest absolute Gasteiger partial charge is 0.370 e. The average Bonchev–Trinajstić information content (AvgIpc) is 2.84. The van der Waals surface area contributed by atoms with E-state index in [9.17, 15) is 0 Å². The molecule has 3 nitrogen and oxygen atoms in total. The summed E-state index contributed by atoms with van der Waals surface area (Å²) in [6, 6.07) is 9.79. The highest BCUT2D eigenvalue weighted by molar-refractivity contribution is 14.0. The maximum atomic E-state index is 6.06. The molecule has 3 aliphatic carbocycles. The van der Waals surface area contributed by atoms with E-state index in [0.717, 1.165) is 0 Å². The van der Waals surface area contributed by atoms with Crippen LogP contribution in [0.3, 0.4) is 0 Å². The Kier molecular flexibility index (Phi) is 3.93. The van der Waals surface area contributed by atoms with Crippen molar-refractivity contribution in [3.8, 4) is 0 Å². The van der Waals surface area contributed by atoms with Gasteiger partial charge >= 0.3 is 0 Å². The van der Waals surface area contributed by atoms with Gasteiger partial charge in [0.05, 0.1) is 6.04 Å². The maximum Gasteiger partial charge on any atom is 0.189 e. The molecule has 0 saturated heterocycles. The van der Waals surface area contributed by atoms with Gasteiger partial charge in [-0.2, -0.15) is 0 Å². The minimum Gasteiger partial charge on any atom is -0.370 e. The third-order valence-electron chi connectivity index (χ3n) is 4.99. The van der Waals surface area contributed by atoms with Crippen molar-refractivity contribution in [3.63, 3.8) is 0 Å². The second kappa shape index (κ2) is 5.54. The van der Waals surface area contributed by atoms with E-state index < -0.39 is 0 Å². The summed E-state index contributed by atoms with van der Waals surface area (Å²) in [6.07, 6.45) is 6.33. The highest BCUT2D eigenvalue weighted by atomic mass is 127. The lowest BCUT2D eigenvalue weighted by Gasteiger charge is -2.12. The van der Waals surface area contributed by atoms with Gasteiger partial charge in [0.1, 0.15) is 0 Å².